The summed E-state index contributed by atoms with van der Waals surface area (Å²) in [5.74, 6) is 2.04. The molecule has 0 heterocycles. The van der Waals surface area contributed by atoms with Crippen molar-refractivity contribution < 1.29 is 23.7 Å². The predicted molar refractivity (Wildman–Crippen MR) is 134 cm³/mol. The summed E-state index contributed by atoms with van der Waals surface area (Å²) in [5, 5.41) is 9.58. The van der Waals surface area contributed by atoms with E-state index >= 15 is 0 Å². The molecule has 0 aliphatic carbocycles. The van der Waals surface area contributed by atoms with Crippen LogP contribution in [0.1, 0.15) is 31.4 Å². The van der Waals surface area contributed by atoms with Gasteiger partial charge in [0.2, 0.25) is 11.7 Å². The Morgan fingerprint density at radius 3 is 1.91 bits per heavy atom. The van der Waals surface area contributed by atoms with E-state index in [-0.39, 0.29) is 0 Å². The number of hydrogen-bond donors (Lipinski definition) is 3. The Morgan fingerprint density at radius 1 is 1.00 bits per heavy atom. The number of carbonyl (C=O) groups is 1. The molecule has 0 saturated carbocycles. The second-order valence-corrected chi connectivity index (χ2v) is 7.72. The molecular weight excluding hydrogens is 436 g/mol. The number of nitrogens with two attached hydrogens (primary N) is 3. The molecule has 34 heavy (non-hydrogen) atoms. The normalized spacial score (nSPS) is 11.6. The summed E-state index contributed by atoms with van der Waals surface area (Å²) >= 11 is 0. The Balaban J connectivity index is 0.000000546. The smallest absolute Gasteiger partial charge is 0.234 e. The lowest BCUT2D eigenvalue weighted by atomic mass is 10.0. The van der Waals surface area contributed by atoms with E-state index in [4.69, 9.17) is 36.1 Å². The number of nitrogens with zero attached hydrogens (tertiary/aromatic N) is 1. The lowest BCUT2D eigenvalue weighted by Gasteiger charge is -2.14. The number of ether oxygens (including phenoxy) is 4. The SMILES string of the molecule is CC(C)C[C@@H](N)C(N)=O.COc1ccc(/C=C(/C#N)c2cc(OC)c(OC)c(OC)c2)cc1N. The third kappa shape index (κ3) is 7.90. The van der Waals surface area contributed by atoms with E-state index in [9.17, 15) is 10.1 Å². The Bertz CT molecular complexity index is 1020. The second-order valence-electron chi connectivity index (χ2n) is 7.72. The molecule has 2 aromatic rings. The number of amides is 1. The highest BCUT2D eigenvalue weighted by molar-refractivity contribution is 5.91. The van der Waals surface area contributed by atoms with Gasteiger partial charge in [-0.2, -0.15) is 5.26 Å². The van der Waals surface area contributed by atoms with E-state index in [0.29, 0.717) is 52.2 Å². The zero-order valence-electron chi connectivity index (χ0n) is 20.5. The molecule has 0 spiro atoms. The molecule has 1 amide bonds. The van der Waals surface area contributed by atoms with Crippen molar-refractivity contribution in [2.75, 3.05) is 34.2 Å². The summed E-state index contributed by atoms with van der Waals surface area (Å²) in [4.78, 5) is 10.3. The first-order valence-electron chi connectivity index (χ1n) is 10.5. The van der Waals surface area contributed by atoms with Crippen molar-refractivity contribution in [3.05, 3.63) is 41.5 Å². The van der Waals surface area contributed by atoms with Crippen molar-refractivity contribution >= 4 is 23.2 Å². The lowest BCUT2D eigenvalue weighted by molar-refractivity contribution is -0.119. The van der Waals surface area contributed by atoms with Gasteiger partial charge in [0.15, 0.2) is 11.5 Å². The maximum absolute atomic E-state index is 10.3. The van der Waals surface area contributed by atoms with Crippen LogP contribution in [0.15, 0.2) is 30.3 Å². The quantitative estimate of drug-likeness (QED) is 0.286. The van der Waals surface area contributed by atoms with E-state index in [0.717, 1.165) is 5.56 Å². The predicted octanol–water partition coefficient (Wildman–Crippen LogP) is 3.21. The van der Waals surface area contributed by atoms with Gasteiger partial charge in [-0.05, 0) is 53.8 Å². The molecule has 0 radical (unpaired) electrons. The van der Waals surface area contributed by atoms with E-state index in [1.807, 2.05) is 19.9 Å². The fourth-order valence-electron chi connectivity index (χ4n) is 3.05. The maximum atomic E-state index is 10.3. The number of allylic oxidation sites excluding steroid dienone is 1. The average Bonchev–Trinajstić information content (AvgIpc) is 2.81. The van der Waals surface area contributed by atoms with Gasteiger partial charge in [0.1, 0.15) is 5.75 Å². The van der Waals surface area contributed by atoms with Crippen LogP contribution in [0.25, 0.3) is 11.6 Å². The van der Waals surface area contributed by atoms with Crippen molar-refractivity contribution in [2.45, 2.75) is 26.3 Å². The number of methoxy groups -OCH3 is 4. The second kappa shape index (κ2) is 13.6. The first-order chi connectivity index (χ1) is 16.1. The molecular formula is C25H34N4O5. The summed E-state index contributed by atoms with van der Waals surface area (Å²) in [6.45, 7) is 4.01. The van der Waals surface area contributed by atoms with Crippen LogP contribution >= 0.6 is 0 Å². The zero-order valence-corrected chi connectivity index (χ0v) is 20.5. The van der Waals surface area contributed by atoms with Crippen molar-refractivity contribution in [2.24, 2.45) is 17.4 Å². The number of benzene rings is 2. The van der Waals surface area contributed by atoms with Crippen molar-refractivity contribution in [1.82, 2.24) is 0 Å². The molecule has 1 atom stereocenters. The fraction of sp³-hybridized carbons (Fsp3) is 0.360. The van der Waals surface area contributed by atoms with Crippen LogP contribution in [0.3, 0.4) is 0 Å². The molecule has 0 unspecified atom stereocenters. The molecule has 184 valence electrons. The minimum Gasteiger partial charge on any atom is -0.495 e. The topological polar surface area (TPSA) is 156 Å². The number of carbonyl (C=O) groups excluding carboxylic acids is 1. The summed E-state index contributed by atoms with van der Waals surface area (Å²) < 4.78 is 21.1. The van der Waals surface area contributed by atoms with Gasteiger partial charge in [0.25, 0.3) is 0 Å². The van der Waals surface area contributed by atoms with Crippen LogP contribution in [0.4, 0.5) is 5.69 Å². The molecule has 0 aliphatic heterocycles. The van der Waals surface area contributed by atoms with Crippen molar-refractivity contribution in [1.29, 1.82) is 5.26 Å². The Labute approximate surface area is 201 Å². The van der Waals surface area contributed by atoms with E-state index in [1.165, 1.54) is 21.3 Å². The third-order valence-electron chi connectivity index (χ3n) is 4.75. The number of rotatable bonds is 9. The summed E-state index contributed by atoms with van der Waals surface area (Å²) in [6, 6.07) is 10.5. The van der Waals surface area contributed by atoms with Crippen LogP contribution in [-0.2, 0) is 4.79 Å². The Hall–Kier alpha value is -3.90. The molecule has 0 bridgehead atoms. The fourth-order valence-corrected chi connectivity index (χ4v) is 3.05. The molecule has 0 saturated heterocycles. The first-order valence-corrected chi connectivity index (χ1v) is 10.5. The number of nitriles is 1. The van der Waals surface area contributed by atoms with Gasteiger partial charge in [-0.15, -0.1) is 0 Å². The van der Waals surface area contributed by atoms with Gasteiger partial charge < -0.3 is 36.1 Å². The standard InChI is InChI=1S/C19H20N2O4.C6H14N2O/c1-22-16-6-5-12(8-15(16)21)7-14(11-20)13-9-17(23-2)19(25-4)18(10-13)24-3;1-4(2)3-5(7)6(8)9/h5-10H,21H2,1-4H3;4-5H,3,7H2,1-2H3,(H2,8,9)/b14-7-;/t;5-/m.1/s1. The zero-order chi connectivity index (χ0) is 25.8. The molecule has 2 rings (SSSR count). The molecule has 6 N–H and O–H groups in total. The number of hydrogen-bond acceptors (Lipinski definition) is 8. The highest BCUT2D eigenvalue weighted by Gasteiger charge is 2.15. The van der Waals surface area contributed by atoms with Crippen LogP contribution in [0.2, 0.25) is 0 Å². The van der Waals surface area contributed by atoms with Gasteiger partial charge in [0.05, 0.1) is 51.8 Å². The van der Waals surface area contributed by atoms with Gasteiger partial charge in [-0.3, -0.25) is 4.79 Å². The highest BCUT2D eigenvalue weighted by Crippen LogP contribution is 2.40. The Morgan fingerprint density at radius 2 is 1.56 bits per heavy atom. The maximum Gasteiger partial charge on any atom is 0.234 e. The van der Waals surface area contributed by atoms with Gasteiger partial charge >= 0.3 is 0 Å². The lowest BCUT2D eigenvalue weighted by Crippen LogP contribution is -2.37. The minimum absolute atomic E-state index is 0.413. The van der Waals surface area contributed by atoms with E-state index in [2.05, 4.69) is 6.07 Å². The van der Waals surface area contributed by atoms with E-state index in [1.54, 1.807) is 37.5 Å². The minimum atomic E-state index is -0.468. The molecule has 0 aliphatic rings. The van der Waals surface area contributed by atoms with E-state index < -0.39 is 11.9 Å². The summed E-state index contributed by atoms with van der Waals surface area (Å²) in [5.41, 5.74) is 18.5. The van der Waals surface area contributed by atoms with Gasteiger partial charge in [-0.1, -0.05) is 19.9 Å². The molecule has 2 aromatic carbocycles. The molecule has 0 aromatic heterocycles. The monoisotopic (exact) mass is 470 g/mol. The van der Waals surface area contributed by atoms with Crippen molar-refractivity contribution in [3.8, 4) is 29.1 Å². The number of primary amides is 1. The largest absolute Gasteiger partial charge is 0.495 e. The van der Waals surface area contributed by atoms with Crippen LogP contribution in [0, 0.1) is 17.2 Å². The average molecular weight is 471 g/mol. The first kappa shape index (κ1) is 28.1. The third-order valence-corrected chi connectivity index (χ3v) is 4.75. The van der Waals surface area contributed by atoms with Crippen LogP contribution in [-0.4, -0.2) is 40.4 Å². The summed E-state index contributed by atoms with van der Waals surface area (Å²) in [7, 11) is 6.14. The van der Waals surface area contributed by atoms with Gasteiger partial charge in [-0.25, -0.2) is 0 Å². The highest BCUT2D eigenvalue weighted by atomic mass is 16.5. The number of anilines is 1. The Kier molecular flexibility index (Phi) is 11.3. The van der Waals surface area contributed by atoms with Crippen LogP contribution in [0.5, 0.6) is 23.0 Å². The molecule has 9 nitrogen and oxygen atoms in total. The van der Waals surface area contributed by atoms with Crippen molar-refractivity contribution in [3.63, 3.8) is 0 Å². The summed E-state index contributed by atoms with van der Waals surface area (Å²) in [6.07, 6.45) is 2.41. The van der Waals surface area contributed by atoms with Gasteiger partial charge in [0, 0.05) is 0 Å². The molecule has 0 fully saturated rings. The molecule has 9 heteroatoms. The van der Waals surface area contributed by atoms with Crippen LogP contribution < -0.4 is 36.1 Å². The number of nitrogen functional groups attached to an aromatic ring is 1.